The highest BCUT2D eigenvalue weighted by Gasteiger charge is 2.19. The van der Waals surface area contributed by atoms with Crippen LogP contribution in [-0.4, -0.2) is 24.1 Å². The van der Waals surface area contributed by atoms with Gasteiger partial charge in [-0.15, -0.1) is 11.8 Å². The van der Waals surface area contributed by atoms with Gasteiger partial charge in [-0.25, -0.2) is 4.39 Å². The van der Waals surface area contributed by atoms with Gasteiger partial charge in [-0.1, -0.05) is 6.07 Å². The Bertz CT molecular complexity index is 901. The summed E-state index contributed by atoms with van der Waals surface area (Å²) in [5.41, 5.74) is 2.78. The lowest BCUT2D eigenvalue weighted by Crippen LogP contribution is -2.25. The van der Waals surface area contributed by atoms with Gasteiger partial charge in [0.25, 0.3) is 5.91 Å². The standard InChI is InChI=1S/C19H18FN3O2S/c20-18-13-5-7-21-10-12(13)1-3-14(18)23-19(25)11-2-4-16-15(9-11)22-17(24)6-8-26-16/h1-4,9,21H,5-8,10H2,(H,22,24)(H,23,25). The predicted molar refractivity (Wildman–Crippen MR) is 100 cm³/mol. The lowest BCUT2D eigenvalue weighted by atomic mass is 9.99. The van der Waals surface area contributed by atoms with Crippen LogP contribution in [0.15, 0.2) is 35.2 Å². The summed E-state index contributed by atoms with van der Waals surface area (Å²) in [4.78, 5) is 25.2. The first kappa shape index (κ1) is 17.1. The third-order valence-electron chi connectivity index (χ3n) is 4.56. The minimum absolute atomic E-state index is 0.0665. The summed E-state index contributed by atoms with van der Waals surface area (Å²) in [6.07, 6.45) is 1.04. The Labute approximate surface area is 154 Å². The van der Waals surface area contributed by atoms with Crippen molar-refractivity contribution in [1.82, 2.24) is 5.32 Å². The number of benzene rings is 2. The first-order valence-electron chi connectivity index (χ1n) is 8.51. The van der Waals surface area contributed by atoms with E-state index >= 15 is 0 Å². The fourth-order valence-electron chi connectivity index (χ4n) is 3.19. The highest BCUT2D eigenvalue weighted by atomic mass is 32.2. The van der Waals surface area contributed by atoms with Gasteiger partial charge in [0.15, 0.2) is 0 Å². The number of anilines is 2. The second kappa shape index (κ2) is 7.09. The van der Waals surface area contributed by atoms with Gasteiger partial charge in [-0.05, 0) is 48.4 Å². The number of nitrogens with one attached hydrogen (secondary N) is 3. The molecule has 0 saturated heterocycles. The van der Waals surface area contributed by atoms with Crippen molar-refractivity contribution in [3.05, 3.63) is 52.8 Å². The average Bonchev–Trinajstić information content (AvgIpc) is 2.84. The van der Waals surface area contributed by atoms with Crippen LogP contribution in [0.1, 0.15) is 27.9 Å². The summed E-state index contributed by atoms with van der Waals surface area (Å²) < 4.78 is 14.7. The second-order valence-electron chi connectivity index (χ2n) is 6.30. The number of carbonyl (C=O) groups is 2. The molecule has 0 unspecified atom stereocenters. The molecule has 134 valence electrons. The van der Waals surface area contributed by atoms with E-state index in [4.69, 9.17) is 0 Å². The molecule has 0 spiro atoms. The number of thioether (sulfide) groups is 1. The molecule has 0 radical (unpaired) electrons. The molecule has 2 amide bonds. The molecule has 0 saturated carbocycles. The molecule has 7 heteroatoms. The Hall–Kier alpha value is -2.38. The molecule has 2 heterocycles. The second-order valence-corrected chi connectivity index (χ2v) is 7.44. The highest BCUT2D eigenvalue weighted by molar-refractivity contribution is 7.99. The van der Waals surface area contributed by atoms with E-state index < -0.39 is 5.91 Å². The van der Waals surface area contributed by atoms with Crippen LogP contribution < -0.4 is 16.0 Å². The Morgan fingerprint density at radius 1 is 1.19 bits per heavy atom. The summed E-state index contributed by atoms with van der Waals surface area (Å²) in [5, 5.41) is 8.67. The molecule has 2 aliphatic rings. The van der Waals surface area contributed by atoms with Gasteiger partial charge in [0.05, 0.1) is 11.4 Å². The number of amides is 2. The van der Waals surface area contributed by atoms with E-state index in [2.05, 4.69) is 16.0 Å². The van der Waals surface area contributed by atoms with E-state index in [1.165, 1.54) is 0 Å². The van der Waals surface area contributed by atoms with Crippen molar-refractivity contribution < 1.29 is 14.0 Å². The van der Waals surface area contributed by atoms with Crippen LogP contribution in [0, 0.1) is 5.82 Å². The smallest absolute Gasteiger partial charge is 0.255 e. The highest BCUT2D eigenvalue weighted by Crippen LogP contribution is 2.32. The molecular weight excluding hydrogens is 353 g/mol. The molecule has 2 aromatic carbocycles. The first-order valence-corrected chi connectivity index (χ1v) is 9.49. The van der Waals surface area contributed by atoms with Gasteiger partial charge < -0.3 is 16.0 Å². The Morgan fingerprint density at radius 2 is 2.08 bits per heavy atom. The zero-order chi connectivity index (χ0) is 18.1. The van der Waals surface area contributed by atoms with Crippen molar-refractivity contribution in [2.24, 2.45) is 0 Å². The molecule has 0 atom stereocenters. The maximum atomic E-state index is 14.7. The van der Waals surface area contributed by atoms with Crippen LogP contribution >= 0.6 is 11.8 Å². The molecule has 0 aromatic heterocycles. The lowest BCUT2D eigenvalue weighted by Gasteiger charge is -2.19. The first-order chi connectivity index (χ1) is 12.6. The molecule has 0 fully saturated rings. The van der Waals surface area contributed by atoms with Crippen LogP contribution in [0.25, 0.3) is 0 Å². The summed E-state index contributed by atoms with van der Waals surface area (Å²) >= 11 is 1.57. The fourth-order valence-corrected chi connectivity index (χ4v) is 4.12. The largest absolute Gasteiger partial charge is 0.325 e. The Kier molecular flexibility index (Phi) is 4.65. The molecule has 26 heavy (non-hydrogen) atoms. The summed E-state index contributed by atoms with van der Waals surface area (Å²) in [5.74, 6) is -0.122. The van der Waals surface area contributed by atoms with Gasteiger partial charge >= 0.3 is 0 Å². The van der Waals surface area contributed by atoms with E-state index in [9.17, 15) is 14.0 Å². The van der Waals surface area contributed by atoms with Gasteiger partial charge in [-0.2, -0.15) is 0 Å². The number of fused-ring (bicyclic) bond motifs is 2. The van der Waals surface area contributed by atoms with Crippen LogP contribution in [0.4, 0.5) is 15.8 Å². The molecule has 3 N–H and O–H groups in total. The van der Waals surface area contributed by atoms with E-state index in [0.717, 1.165) is 17.0 Å². The third kappa shape index (κ3) is 3.32. The van der Waals surface area contributed by atoms with E-state index in [1.807, 2.05) is 12.1 Å². The third-order valence-corrected chi connectivity index (χ3v) is 5.63. The SMILES string of the molecule is O=C1CCSc2ccc(C(=O)Nc3ccc4c(c3F)CCNC4)cc2N1. The minimum atomic E-state index is -0.399. The van der Waals surface area contributed by atoms with E-state index in [-0.39, 0.29) is 17.4 Å². The van der Waals surface area contributed by atoms with Crippen molar-refractivity contribution in [2.45, 2.75) is 24.3 Å². The Morgan fingerprint density at radius 3 is 2.96 bits per heavy atom. The zero-order valence-corrected chi connectivity index (χ0v) is 14.8. The van der Waals surface area contributed by atoms with Crippen molar-refractivity contribution in [2.75, 3.05) is 22.9 Å². The minimum Gasteiger partial charge on any atom is -0.325 e. The van der Waals surface area contributed by atoms with Crippen molar-refractivity contribution >= 4 is 35.0 Å². The number of rotatable bonds is 2. The van der Waals surface area contributed by atoms with Crippen LogP contribution in [-0.2, 0) is 17.8 Å². The fraction of sp³-hybridized carbons (Fsp3) is 0.263. The maximum Gasteiger partial charge on any atom is 0.255 e. The monoisotopic (exact) mass is 371 g/mol. The summed E-state index contributed by atoms with van der Waals surface area (Å²) in [6, 6.07) is 8.59. The Balaban J connectivity index is 1.58. The normalized spacial score (nSPS) is 16.1. The van der Waals surface area contributed by atoms with Crippen LogP contribution in [0.3, 0.4) is 0 Å². The van der Waals surface area contributed by atoms with Gasteiger partial charge in [0, 0.05) is 29.2 Å². The number of hydrogen-bond donors (Lipinski definition) is 3. The molecular formula is C19H18FN3O2S. The molecule has 4 rings (SSSR count). The molecule has 5 nitrogen and oxygen atoms in total. The zero-order valence-electron chi connectivity index (χ0n) is 14.0. The van der Waals surface area contributed by atoms with Crippen molar-refractivity contribution in [3.63, 3.8) is 0 Å². The topological polar surface area (TPSA) is 70.2 Å². The van der Waals surface area contributed by atoms with Gasteiger partial charge in [0.1, 0.15) is 5.82 Å². The quantitative estimate of drug-likeness (QED) is 0.758. The average molecular weight is 371 g/mol. The predicted octanol–water partition coefficient (Wildman–Crippen LogP) is 3.16. The number of carbonyl (C=O) groups excluding carboxylic acids is 2. The molecule has 2 aromatic rings. The molecule has 0 bridgehead atoms. The number of halogens is 1. The summed E-state index contributed by atoms with van der Waals surface area (Å²) in [7, 11) is 0. The maximum absolute atomic E-state index is 14.7. The molecule has 2 aliphatic heterocycles. The number of hydrogen-bond acceptors (Lipinski definition) is 4. The molecule has 0 aliphatic carbocycles. The van der Waals surface area contributed by atoms with Gasteiger partial charge in [0.2, 0.25) is 5.91 Å². The van der Waals surface area contributed by atoms with Crippen molar-refractivity contribution in [3.8, 4) is 0 Å². The lowest BCUT2D eigenvalue weighted by molar-refractivity contribution is -0.115. The van der Waals surface area contributed by atoms with Gasteiger partial charge in [-0.3, -0.25) is 9.59 Å². The van der Waals surface area contributed by atoms with E-state index in [1.54, 1.807) is 30.0 Å². The summed E-state index contributed by atoms with van der Waals surface area (Å²) in [6.45, 7) is 1.37. The van der Waals surface area contributed by atoms with Crippen LogP contribution in [0.2, 0.25) is 0 Å². The van der Waals surface area contributed by atoms with Crippen molar-refractivity contribution in [1.29, 1.82) is 0 Å². The van der Waals surface area contributed by atoms with Crippen LogP contribution in [0.5, 0.6) is 0 Å². The van der Waals surface area contributed by atoms with E-state index in [0.29, 0.717) is 42.0 Å².